The summed E-state index contributed by atoms with van der Waals surface area (Å²) in [6, 6.07) is 9.65. The van der Waals surface area contributed by atoms with E-state index < -0.39 is 5.97 Å². The standard InChI is InChI=1S/C19H18N4O3S/c24-17(21-14-7-6-12(8-14)19(25)26)16-11-27-18(22-16)13-9-20-23(10-13)15-4-2-1-3-5-15/h1-5,9-12,14H,6-8H2,(H,21,24)(H,25,26)/t12-,14+/m0/s1. The van der Waals surface area contributed by atoms with Crippen molar-refractivity contribution < 1.29 is 14.7 Å². The average molecular weight is 382 g/mol. The van der Waals surface area contributed by atoms with Gasteiger partial charge in [0.1, 0.15) is 10.7 Å². The number of carboxylic acids is 1. The number of para-hydroxylation sites is 1. The van der Waals surface area contributed by atoms with Gasteiger partial charge in [-0.2, -0.15) is 5.10 Å². The van der Waals surface area contributed by atoms with Crippen LogP contribution in [0.15, 0.2) is 48.1 Å². The maximum Gasteiger partial charge on any atom is 0.306 e. The molecule has 27 heavy (non-hydrogen) atoms. The SMILES string of the molecule is O=C(N[C@@H]1CC[C@H](C(=O)O)C1)c1csc(-c2cnn(-c3ccccc3)c2)n1. The number of amides is 1. The predicted octanol–water partition coefficient (Wildman–Crippen LogP) is 2.98. The third-order valence-corrected chi connectivity index (χ3v) is 5.60. The van der Waals surface area contributed by atoms with Crippen LogP contribution in [0.1, 0.15) is 29.8 Å². The van der Waals surface area contributed by atoms with Crippen LogP contribution in [0.5, 0.6) is 0 Å². The van der Waals surface area contributed by atoms with E-state index in [4.69, 9.17) is 5.11 Å². The van der Waals surface area contributed by atoms with Crippen molar-refractivity contribution in [2.75, 3.05) is 0 Å². The molecule has 8 heteroatoms. The first-order valence-corrected chi connectivity index (χ1v) is 9.58. The molecule has 0 bridgehead atoms. The second-order valence-electron chi connectivity index (χ2n) is 6.57. The minimum atomic E-state index is -0.793. The molecule has 0 radical (unpaired) electrons. The van der Waals surface area contributed by atoms with Crippen LogP contribution < -0.4 is 5.32 Å². The Morgan fingerprint density at radius 3 is 2.78 bits per heavy atom. The van der Waals surface area contributed by atoms with Crippen molar-refractivity contribution in [1.29, 1.82) is 0 Å². The maximum atomic E-state index is 12.4. The van der Waals surface area contributed by atoms with E-state index in [2.05, 4.69) is 15.4 Å². The third kappa shape index (κ3) is 3.75. The molecule has 1 aromatic carbocycles. The lowest BCUT2D eigenvalue weighted by atomic mass is 10.1. The lowest BCUT2D eigenvalue weighted by molar-refractivity contribution is -0.141. The maximum absolute atomic E-state index is 12.4. The minimum absolute atomic E-state index is 0.107. The Morgan fingerprint density at radius 1 is 1.22 bits per heavy atom. The molecule has 0 aliphatic heterocycles. The summed E-state index contributed by atoms with van der Waals surface area (Å²) >= 11 is 1.38. The van der Waals surface area contributed by atoms with Crippen molar-refractivity contribution in [3.05, 3.63) is 53.8 Å². The van der Waals surface area contributed by atoms with Crippen molar-refractivity contribution >= 4 is 23.2 Å². The zero-order chi connectivity index (χ0) is 18.8. The molecule has 1 fully saturated rings. The molecule has 2 heterocycles. The summed E-state index contributed by atoms with van der Waals surface area (Å²) < 4.78 is 1.76. The molecule has 0 spiro atoms. The highest BCUT2D eigenvalue weighted by molar-refractivity contribution is 7.13. The molecular weight excluding hydrogens is 364 g/mol. The zero-order valence-electron chi connectivity index (χ0n) is 14.4. The van der Waals surface area contributed by atoms with Crippen LogP contribution in [0.25, 0.3) is 16.3 Å². The van der Waals surface area contributed by atoms with Crippen LogP contribution in [0.4, 0.5) is 0 Å². The average Bonchev–Trinajstić information content (AvgIpc) is 3.42. The Bertz CT molecular complexity index is 966. The second-order valence-corrected chi connectivity index (χ2v) is 7.42. The van der Waals surface area contributed by atoms with Crippen LogP contribution >= 0.6 is 11.3 Å². The lowest BCUT2D eigenvalue weighted by Gasteiger charge is -2.10. The molecule has 1 aliphatic rings. The van der Waals surface area contributed by atoms with Crippen LogP contribution in [0.2, 0.25) is 0 Å². The normalized spacial score (nSPS) is 19.1. The Balaban J connectivity index is 1.44. The number of nitrogens with one attached hydrogen (secondary N) is 1. The van der Waals surface area contributed by atoms with Crippen LogP contribution in [-0.4, -0.2) is 37.8 Å². The summed E-state index contributed by atoms with van der Waals surface area (Å²) in [7, 11) is 0. The van der Waals surface area contributed by atoms with E-state index in [1.165, 1.54) is 11.3 Å². The molecule has 1 saturated carbocycles. The summed E-state index contributed by atoms with van der Waals surface area (Å²) in [5.41, 5.74) is 2.14. The van der Waals surface area contributed by atoms with E-state index in [9.17, 15) is 9.59 Å². The number of hydrogen-bond donors (Lipinski definition) is 2. The van der Waals surface area contributed by atoms with E-state index in [0.29, 0.717) is 25.0 Å². The molecule has 2 atom stereocenters. The largest absolute Gasteiger partial charge is 0.481 e. The molecule has 0 saturated heterocycles. The molecule has 2 N–H and O–H groups in total. The van der Waals surface area contributed by atoms with Crippen LogP contribution in [-0.2, 0) is 4.79 Å². The van der Waals surface area contributed by atoms with Gasteiger partial charge < -0.3 is 10.4 Å². The first-order chi connectivity index (χ1) is 13.1. The van der Waals surface area contributed by atoms with E-state index in [1.807, 2.05) is 36.5 Å². The van der Waals surface area contributed by atoms with Crippen LogP contribution in [0.3, 0.4) is 0 Å². The van der Waals surface area contributed by atoms with Crippen molar-refractivity contribution in [3.8, 4) is 16.3 Å². The van der Waals surface area contributed by atoms with Gasteiger partial charge in [-0.25, -0.2) is 9.67 Å². The van der Waals surface area contributed by atoms with E-state index in [1.54, 1.807) is 16.3 Å². The summed E-state index contributed by atoms with van der Waals surface area (Å²) in [6.45, 7) is 0. The minimum Gasteiger partial charge on any atom is -0.481 e. The number of carbonyl (C=O) groups excluding carboxylic acids is 1. The Kier molecular flexibility index (Phi) is 4.72. The Hall–Kier alpha value is -3.00. The van der Waals surface area contributed by atoms with Gasteiger partial charge in [-0.05, 0) is 31.4 Å². The van der Waals surface area contributed by atoms with Gasteiger partial charge in [-0.1, -0.05) is 18.2 Å². The second kappa shape index (κ2) is 7.32. The van der Waals surface area contributed by atoms with Gasteiger partial charge >= 0.3 is 5.97 Å². The zero-order valence-corrected chi connectivity index (χ0v) is 15.2. The van der Waals surface area contributed by atoms with E-state index in [0.717, 1.165) is 16.3 Å². The predicted molar refractivity (Wildman–Crippen MR) is 101 cm³/mol. The molecular formula is C19H18N4O3S. The molecule has 1 amide bonds. The number of aliphatic carboxylic acids is 1. The van der Waals surface area contributed by atoms with Gasteiger partial charge in [-0.15, -0.1) is 11.3 Å². The summed E-state index contributed by atoms with van der Waals surface area (Å²) in [5, 5.41) is 18.7. The quantitative estimate of drug-likeness (QED) is 0.707. The number of thiazole rings is 1. The number of aromatic nitrogens is 3. The van der Waals surface area contributed by atoms with Gasteiger partial charge in [0.15, 0.2) is 0 Å². The topological polar surface area (TPSA) is 97.1 Å². The van der Waals surface area contributed by atoms with Crippen molar-refractivity contribution in [2.24, 2.45) is 5.92 Å². The molecule has 7 nitrogen and oxygen atoms in total. The molecule has 4 rings (SSSR count). The fourth-order valence-corrected chi connectivity index (χ4v) is 4.04. The number of benzene rings is 1. The third-order valence-electron chi connectivity index (χ3n) is 4.70. The molecule has 2 aromatic heterocycles. The number of rotatable bonds is 5. The van der Waals surface area contributed by atoms with Gasteiger partial charge in [0, 0.05) is 23.2 Å². The smallest absolute Gasteiger partial charge is 0.306 e. The highest BCUT2D eigenvalue weighted by atomic mass is 32.1. The van der Waals surface area contributed by atoms with Crippen molar-refractivity contribution in [1.82, 2.24) is 20.1 Å². The number of nitrogens with zero attached hydrogens (tertiary/aromatic N) is 3. The van der Waals surface area contributed by atoms with Gasteiger partial charge in [0.2, 0.25) is 0 Å². The highest BCUT2D eigenvalue weighted by Gasteiger charge is 2.31. The highest BCUT2D eigenvalue weighted by Crippen LogP contribution is 2.27. The molecule has 138 valence electrons. The summed E-state index contributed by atoms with van der Waals surface area (Å²) in [6.07, 6.45) is 5.36. The summed E-state index contributed by atoms with van der Waals surface area (Å²) in [5.74, 6) is -1.42. The van der Waals surface area contributed by atoms with E-state index >= 15 is 0 Å². The van der Waals surface area contributed by atoms with Gasteiger partial charge in [0.25, 0.3) is 5.91 Å². The summed E-state index contributed by atoms with van der Waals surface area (Å²) in [4.78, 5) is 27.9. The van der Waals surface area contributed by atoms with Crippen molar-refractivity contribution in [2.45, 2.75) is 25.3 Å². The van der Waals surface area contributed by atoms with Crippen molar-refractivity contribution in [3.63, 3.8) is 0 Å². The molecule has 0 unspecified atom stereocenters. The Labute approximate surface area is 159 Å². The van der Waals surface area contributed by atoms with Gasteiger partial charge in [-0.3, -0.25) is 9.59 Å². The number of carboxylic acid groups (broad SMARTS) is 1. The molecule has 3 aromatic rings. The number of carbonyl (C=O) groups is 2. The first-order valence-electron chi connectivity index (χ1n) is 8.70. The monoisotopic (exact) mass is 382 g/mol. The first kappa shape index (κ1) is 17.4. The Morgan fingerprint density at radius 2 is 2.04 bits per heavy atom. The van der Waals surface area contributed by atoms with Crippen LogP contribution in [0, 0.1) is 5.92 Å². The van der Waals surface area contributed by atoms with Gasteiger partial charge in [0.05, 0.1) is 17.8 Å². The number of hydrogen-bond acceptors (Lipinski definition) is 5. The lowest BCUT2D eigenvalue weighted by Crippen LogP contribution is -2.33. The fraction of sp³-hybridized carbons (Fsp3) is 0.263. The van der Waals surface area contributed by atoms with E-state index in [-0.39, 0.29) is 17.9 Å². The molecule has 1 aliphatic carbocycles. The fourth-order valence-electron chi connectivity index (χ4n) is 3.26.